The first kappa shape index (κ1) is 11.9. The zero-order chi connectivity index (χ0) is 12.4. The zero-order valence-corrected chi connectivity index (χ0v) is 9.98. The molecule has 0 unspecified atom stereocenters. The number of rotatable bonds is 2. The van der Waals surface area contributed by atoms with Gasteiger partial charge in [0.05, 0.1) is 5.56 Å². The van der Waals surface area contributed by atoms with Crippen molar-refractivity contribution in [3.63, 3.8) is 0 Å². The molecule has 1 heterocycles. The summed E-state index contributed by atoms with van der Waals surface area (Å²) >= 11 is 0. The van der Waals surface area contributed by atoms with Crippen molar-refractivity contribution in [2.75, 3.05) is 0 Å². The quantitative estimate of drug-likeness (QED) is 0.856. The van der Waals surface area contributed by atoms with Crippen LogP contribution in [0.2, 0.25) is 0 Å². The number of hydrogen-bond acceptors (Lipinski definition) is 2. The largest absolute Gasteiger partial charge is 0.478 e. The molecule has 4 nitrogen and oxygen atoms in total. The van der Waals surface area contributed by atoms with Crippen LogP contribution < -0.4 is 5.56 Å². The molecular weight excluding hydrogens is 218 g/mol. The predicted octanol–water partition coefficient (Wildman–Crippen LogP) is 2.36. The summed E-state index contributed by atoms with van der Waals surface area (Å²) in [5.74, 6) is -1.04. The van der Waals surface area contributed by atoms with E-state index in [0.29, 0.717) is 0 Å². The van der Waals surface area contributed by atoms with Crippen LogP contribution >= 0.6 is 0 Å². The minimum atomic E-state index is -1.04. The van der Waals surface area contributed by atoms with Crippen molar-refractivity contribution in [2.45, 2.75) is 45.1 Å². The van der Waals surface area contributed by atoms with Crippen molar-refractivity contribution >= 4 is 5.97 Å². The molecule has 1 saturated carbocycles. The number of aromatic carboxylic acids is 1. The summed E-state index contributed by atoms with van der Waals surface area (Å²) in [4.78, 5) is 22.8. The highest BCUT2D eigenvalue weighted by atomic mass is 16.4. The number of aryl methyl sites for hydroxylation is 1. The Kier molecular flexibility index (Phi) is 3.31. The lowest BCUT2D eigenvalue weighted by Gasteiger charge is -2.25. The molecule has 2 rings (SSSR count). The van der Waals surface area contributed by atoms with Crippen LogP contribution in [0.25, 0.3) is 0 Å². The van der Waals surface area contributed by atoms with Gasteiger partial charge in [-0.25, -0.2) is 4.79 Å². The van der Waals surface area contributed by atoms with Gasteiger partial charge in [0.15, 0.2) is 0 Å². The van der Waals surface area contributed by atoms with Crippen LogP contribution in [-0.4, -0.2) is 15.6 Å². The second-order valence-corrected chi connectivity index (χ2v) is 4.69. The molecule has 1 fully saturated rings. The average molecular weight is 235 g/mol. The van der Waals surface area contributed by atoms with Gasteiger partial charge < -0.3 is 9.67 Å². The first-order chi connectivity index (χ1) is 8.09. The van der Waals surface area contributed by atoms with E-state index in [4.69, 9.17) is 5.11 Å². The third-order valence-electron chi connectivity index (χ3n) is 3.45. The summed E-state index contributed by atoms with van der Waals surface area (Å²) in [5.41, 5.74) is 0.649. The number of aromatic nitrogens is 1. The van der Waals surface area contributed by atoms with Crippen LogP contribution in [0.15, 0.2) is 16.9 Å². The SMILES string of the molecule is Cc1cc(C(=O)O)cc(=O)n1C1CCCCC1. The van der Waals surface area contributed by atoms with Gasteiger partial charge in [0.25, 0.3) is 5.56 Å². The highest BCUT2D eigenvalue weighted by molar-refractivity contribution is 5.87. The molecule has 1 aliphatic rings. The van der Waals surface area contributed by atoms with Crippen molar-refractivity contribution in [1.82, 2.24) is 4.57 Å². The fraction of sp³-hybridized carbons (Fsp3) is 0.538. The smallest absolute Gasteiger partial charge is 0.335 e. The van der Waals surface area contributed by atoms with E-state index < -0.39 is 5.97 Å². The number of carbonyl (C=O) groups is 1. The fourth-order valence-corrected chi connectivity index (χ4v) is 2.64. The van der Waals surface area contributed by atoms with Gasteiger partial charge in [0, 0.05) is 17.8 Å². The van der Waals surface area contributed by atoms with Crippen LogP contribution in [0.4, 0.5) is 0 Å². The molecule has 4 heteroatoms. The predicted molar refractivity (Wildman–Crippen MR) is 64.5 cm³/mol. The Morgan fingerprint density at radius 1 is 1.29 bits per heavy atom. The molecular formula is C13H17NO3. The van der Waals surface area contributed by atoms with Crippen molar-refractivity contribution in [3.8, 4) is 0 Å². The van der Waals surface area contributed by atoms with Crippen LogP contribution in [0.1, 0.15) is 54.2 Å². The van der Waals surface area contributed by atoms with Crippen LogP contribution in [0.3, 0.4) is 0 Å². The third kappa shape index (κ3) is 2.40. The molecule has 1 aliphatic carbocycles. The summed E-state index contributed by atoms with van der Waals surface area (Å²) in [5, 5.41) is 8.89. The van der Waals surface area contributed by atoms with Crippen LogP contribution in [0.5, 0.6) is 0 Å². The molecule has 1 N–H and O–H groups in total. The number of carboxylic acid groups (broad SMARTS) is 1. The minimum Gasteiger partial charge on any atom is -0.478 e. The Bertz CT molecular complexity index is 484. The number of pyridine rings is 1. The summed E-state index contributed by atoms with van der Waals surface area (Å²) < 4.78 is 1.76. The van der Waals surface area contributed by atoms with Gasteiger partial charge in [-0.15, -0.1) is 0 Å². The van der Waals surface area contributed by atoms with Crippen LogP contribution in [-0.2, 0) is 0 Å². The Labute approximate surface area is 99.9 Å². The maximum atomic E-state index is 12.0. The van der Waals surface area contributed by atoms with Gasteiger partial charge in [-0.3, -0.25) is 4.79 Å². The molecule has 1 aromatic heterocycles. The monoisotopic (exact) mass is 235 g/mol. The molecule has 92 valence electrons. The normalized spacial score (nSPS) is 17.0. The highest BCUT2D eigenvalue weighted by Crippen LogP contribution is 2.27. The third-order valence-corrected chi connectivity index (χ3v) is 3.45. The van der Waals surface area contributed by atoms with E-state index in [-0.39, 0.29) is 17.2 Å². The van der Waals surface area contributed by atoms with Crippen molar-refractivity contribution in [2.24, 2.45) is 0 Å². The van der Waals surface area contributed by atoms with Gasteiger partial charge >= 0.3 is 5.97 Å². The molecule has 0 aliphatic heterocycles. The Morgan fingerprint density at radius 3 is 2.47 bits per heavy atom. The zero-order valence-electron chi connectivity index (χ0n) is 9.98. The molecule has 0 amide bonds. The van der Waals surface area contributed by atoms with E-state index in [0.717, 1.165) is 31.4 Å². The molecule has 0 atom stereocenters. The van der Waals surface area contributed by atoms with E-state index in [1.807, 2.05) is 6.92 Å². The molecule has 0 spiro atoms. The molecule has 0 aromatic carbocycles. The Balaban J connectivity index is 2.40. The van der Waals surface area contributed by atoms with E-state index in [1.54, 1.807) is 10.6 Å². The molecule has 0 bridgehead atoms. The lowest BCUT2D eigenvalue weighted by molar-refractivity contribution is 0.0696. The summed E-state index contributed by atoms with van der Waals surface area (Å²) in [7, 11) is 0. The Morgan fingerprint density at radius 2 is 1.94 bits per heavy atom. The average Bonchev–Trinajstić information content (AvgIpc) is 2.29. The van der Waals surface area contributed by atoms with E-state index in [1.165, 1.54) is 12.5 Å². The number of nitrogens with zero attached hydrogens (tertiary/aromatic N) is 1. The second kappa shape index (κ2) is 4.73. The van der Waals surface area contributed by atoms with Gasteiger partial charge in [-0.2, -0.15) is 0 Å². The van der Waals surface area contributed by atoms with Gasteiger partial charge in [-0.05, 0) is 25.8 Å². The first-order valence-corrected chi connectivity index (χ1v) is 6.06. The molecule has 1 aromatic rings. The first-order valence-electron chi connectivity index (χ1n) is 6.06. The van der Waals surface area contributed by atoms with Gasteiger partial charge in [-0.1, -0.05) is 19.3 Å². The van der Waals surface area contributed by atoms with Gasteiger partial charge in [0.2, 0.25) is 0 Å². The number of carboxylic acids is 1. The van der Waals surface area contributed by atoms with Crippen molar-refractivity contribution < 1.29 is 9.90 Å². The minimum absolute atomic E-state index is 0.0829. The summed E-state index contributed by atoms with van der Waals surface area (Å²) in [6, 6.07) is 3.06. The Hall–Kier alpha value is -1.58. The highest BCUT2D eigenvalue weighted by Gasteiger charge is 2.19. The van der Waals surface area contributed by atoms with Crippen LogP contribution in [0, 0.1) is 6.92 Å². The van der Waals surface area contributed by atoms with E-state index in [9.17, 15) is 9.59 Å². The molecule has 0 radical (unpaired) electrons. The molecule has 17 heavy (non-hydrogen) atoms. The lowest BCUT2D eigenvalue weighted by atomic mass is 9.95. The fourth-order valence-electron chi connectivity index (χ4n) is 2.64. The van der Waals surface area contributed by atoms with E-state index in [2.05, 4.69) is 0 Å². The summed E-state index contributed by atoms with van der Waals surface area (Å²) in [6.07, 6.45) is 5.58. The van der Waals surface area contributed by atoms with Gasteiger partial charge in [0.1, 0.15) is 0 Å². The second-order valence-electron chi connectivity index (χ2n) is 4.69. The maximum absolute atomic E-state index is 12.0. The topological polar surface area (TPSA) is 59.3 Å². The standard InChI is InChI=1S/C13H17NO3/c1-9-7-10(13(16)17)8-12(15)14(9)11-5-3-2-4-6-11/h7-8,11H,2-6H2,1H3,(H,16,17). The van der Waals surface area contributed by atoms with Crippen molar-refractivity contribution in [3.05, 3.63) is 33.7 Å². The van der Waals surface area contributed by atoms with Crippen molar-refractivity contribution in [1.29, 1.82) is 0 Å². The number of hydrogen-bond donors (Lipinski definition) is 1. The summed E-state index contributed by atoms with van der Waals surface area (Å²) in [6.45, 7) is 1.81. The molecule has 0 saturated heterocycles. The maximum Gasteiger partial charge on any atom is 0.335 e. The lowest BCUT2D eigenvalue weighted by Crippen LogP contribution is -2.28. The van der Waals surface area contributed by atoms with E-state index >= 15 is 0 Å².